The number of nitrogens with zero attached hydrogens (tertiary/aromatic N) is 2. The van der Waals surface area contributed by atoms with Gasteiger partial charge in [0.2, 0.25) is 5.91 Å². The molecule has 3 rings (SSSR count). The molecule has 1 aliphatic heterocycles. The highest BCUT2D eigenvalue weighted by molar-refractivity contribution is 7.09. The van der Waals surface area contributed by atoms with Crippen molar-refractivity contribution in [1.29, 1.82) is 0 Å². The van der Waals surface area contributed by atoms with Gasteiger partial charge in [-0.15, -0.1) is 23.7 Å². The molecule has 6 nitrogen and oxygen atoms in total. The zero-order valence-corrected chi connectivity index (χ0v) is 14.0. The number of nitrogens with two attached hydrogens (primary N) is 1. The Morgan fingerprint density at radius 2 is 2.09 bits per heavy atom. The van der Waals surface area contributed by atoms with Gasteiger partial charge in [0.25, 0.3) is 5.91 Å². The lowest BCUT2D eigenvalue weighted by atomic mass is 10.2. The van der Waals surface area contributed by atoms with Gasteiger partial charge >= 0.3 is 0 Å². The van der Waals surface area contributed by atoms with Crippen LogP contribution in [-0.2, 0) is 11.3 Å². The van der Waals surface area contributed by atoms with E-state index in [1.807, 2.05) is 12.1 Å². The molecule has 0 bridgehead atoms. The number of anilines is 2. The van der Waals surface area contributed by atoms with E-state index < -0.39 is 0 Å². The molecule has 2 amide bonds. The number of hydrogen-bond donors (Lipinski definition) is 2. The summed E-state index contributed by atoms with van der Waals surface area (Å²) in [5.74, 6) is -0.116. The Labute approximate surface area is 144 Å². The summed E-state index contributed by atoms with van der Waals surface area (Å²) in [4.78, 5) is 29.7. The number of hydrogen-bond acceptors (Lipinski definition) is 5. The van der Waals surface area contributed by atoms with Gasteiger partial charge in [-0.05, 0) is 30.7 Å². The first kappa shape index (κ1) is 17.4. The Kier molecular flexibility index (Phi) is 5.70. The van der Waals surface area contributed by atoms with Crippen LogP contribution in [0.4, 0.5) is 11.4 Å². The fraction of sp³-hybridized carbons (Fsp3) is 0.267. The smallest absolute Gasteiger partial charge is 0.275 e. The Morgan fingerprint density at radius 3 is 2.65 bits per heavy atom. The highest BCUT2D eigenvalue weighted by Crippen LogP contribution is 2.23. The normalized spacial score (nSPS) is 13.8. The van der Waals surface area contributed by atoms with Crippen LogP contribution in [0.3, 0.4) is 0 Å². The first-order chi connectivity index (χ1) is 10.7. The van der Waals surface area contributed by atoms with Gasteiger partial charge in [0, 0.05) is 36.3 Å². The maximum Gasteiger partial charge on any atom is 0.275 e. The number of benzene rings is 1. The van der Waals surface area contributed by atoms with Crippen molar-refractivity contribution in [2.24, 2.45) is 5.73 Å². The van der Waals surface area contributed by atoms with E-state index >= 15 is 0 Å². The quantitative estimate of drug-likeness (QED) is 0.884. The summed E-state index contributed by atoms with van der Waals surface area (Å²) in [5.41, 5.74) is 7.38. The van der Waals surface area contributed by atoms with E-state index in [1.54, 1.807) is 22.4 Å². The molecule has 1 aromatic carbocycles. The number of thiazole rings is 1. The second-order valence-electron chi connectivity index (χ2n) is 4.98. The van der Waals surface area contributed by atoms with E-state index in [9.17, 15) is 9.59 Å². The molecule has 0 radical (unpaired) electrons. The van der Waals surface area contributed by atoms with Crippen LogP contribution in [0.15, 0.2) is 29.6 Å². The first-order valence-corrected chi connectivity index (χ1v) is 7.91. The summed E-state index contributed by atoms with van der Waals surface area (Å²) in [6, 6.07) is 7.25. The monoisotopic (exact) mass is 352 g/mol. The molecule has 23 heavy (non-hydrogen) atoms. The largest absolute Gasteiger partial charge is 0.325 e. The van der Waals surface area contributed by atoms with Crippen LogP contribution in [0.2, 0.25) is 0 Å². The summed E-state index contributed by atoms with van der Waals surface area (Å²) >= 11 is 1.37. The van der Waals surface area contributed by atoms with Crippen LogP contribution >= 0.6 is 23.7 Å². The lowest BCUT2D eigenvalue weighted by molar-refractivity contribution is -0.117. The van der Waals surface area contributed by atoms with Crippen LogP contribution in [0.1, 0.15) is 28.3 Å². The van der Waals surface area contributed by atoms with Crippen molar-refractivity contribution in [3.8, 4) is 0 Å². The van der Waals surface area contributed by atoms with Gasteiger partial charge in [0.15, 0.2) is 0 Å². The lowest BCUT2D eigenvalue weighted by Crippen LogP contribution is -2.23. The van der Waals surface area contributed by atoms with Gasteiger partial charge in [-0.3, -0.25) is 9.59 Å². The third-order valence-corrected chi connectivity index (χ3v) is 4.34. The molecule has 2 aromatic rings. The number of carbonyl (C=O) groups excluding carboxylic acids is 2. The molecule has 0 saturated carbocycles. The topological polar surface area (TPSA) is 88.3 Å². The Balaban J connectivity index is 0.00000192. The number of nitrogens with one attached hydrogen (secondary N) is 1. The predicted octanol–water partition coefficient (Wildman–Crippen LogP) is 2.40. The molecule has 0 spiro atoms. The van der Waals surface area contributed by atoms with E-state index in [0.29, 0.717) is 24.3 Å². The van der Waals surface area contributed by atoms with Crippen LogP contribution in [0, 0.1) is 0 Å². The lowest BCUT2D eigenvalue weighted by Gasteiger charge is -2.16. The van der Waals surface area contributed by atoms with Gasteiger partial charge in [-0.1, -0.05) is 0 Å². The van der Waals surface area contributed by atoms with Crippen molar-refractivity contribution >= 4 is 46.9 Å². The van der Waals surface area contributed by atoms with Crippen molar-refractivity contribution in [2.75, 3.05) is 16.8 Å². The van der Waals surface area contributed by atoms with Crippen LogP contribution < -0.4 is 16.0 Å². The highest BCUT2D eigenvalue weighted by atomic mass is 35.5. The molecule has 3 N–H and O–H groups in total. The summed E-state index contributed by atoms with van der Waals surface area (Å²) in [7, 11) is 0. The minimum Gasteiger partial charge on any atom is -0.325 e. The summed E-state index contributed by atoms with van der Waals surface area (Å²) in [5, 5.41) is 5.20. The fourth-order valence-electron chi connectivity index (χ4n) is 2.35. The molecule has 1 saturated heterocycles. The second kappa shape index (κ2) is 7.54. The number of aromatic nitrogens is 1. The van der Waals surface area contributed by atoms with Crippen LogP contribution in [-0.4, -0.2) is 23.3 Å². The van der Waals surface area contributed by atoms with Crippen LogP contribution in [0.5, 0.6) is 0 Å². The zero-order chi connectivity index (χ0) is 15.5. The molecular weight excluding hydrogens is 336 g/mol. The third-order valence-electron chi connectivity index (χ3n) is 3.47. The van der Waals surface area contributed by atoms with Gasteiger partial charge in [0.05, 0.1) is 0 Å². The zero-order valence-electron chi connectivity index (χ0n) is 12.3. The predicted molar refractivity (Wildman–Crippen MR) is 93.2 cm³/mol. The number of halogens is 1. The summed E-state index contributed by atoms with van der Waals surface area (Å²) in [6.45, 7) is 1.09. The summed E-state index contributed by atoms with van der Waals surface area (Å²) in [6.07, 6.45) is 1.50. The van der Waals surface area contributed by atoms with Gasteiger partial charge < -0.3 is 16.0 Å². The van der Waals surface area contributed by atoms with Crippen molar-refractivity contribution in [3.63, 3.8) is 0 Å². The molecule has 0 aliphatic carbocycles. The Morgan fingerprint density at radius 1 is 1.35 bits per heavy atom. The molecule has 1 aromatic heterocycles. The highest BCUT2D eigenvalue weighted by Gasteiger charge is 2.21. The fourth-order valence-corrected chi connectivity index (χ4v) is 3.00. The Bertz CT molecular complexity index is 702. The maximum absolute atomic E-state index is 12.1. The van der Waals surface area contributed by atoms with E-state index in [-0.39, 0.29) is 24.2 Å². The Hall–Kier alpha value is -1.96. The third kappa shape index (κ3) is 3.87. The van der Waals surface area contributed by atoms with Crippen molar-refractivity contribution < 1.29 is 9.59 Å². The van der Waals surface area contributed by atoms with Gasteiger partial charge in [-0.2, -0.15) is 0 Å². The molecule has 8 heteroatoms. The van der Waals surface area contributed by atoms with Crippen molar-refractivity contribution in [2.45, 2.75) is 19.4 Å². The molecule has 2 heterocycles. The van der Waals surface area contributed by atoms with E-state index in [2.05, 4.69) is 10.3 Å². The molecule has 1 aliphatic rings. The number of carbonyl (C=O) groups is 2. The molecule has 0 atom stereocenters. The van der Waals surface area contributed by atoms with E-state index in [0.717, 1.165) is 23.7 Å². The minimum atomic E-state index is -0.263. The van der Waals surface area contributed by atoms with E-state index in [1.165, 1.54) is 11.3 Å². The second-order valence-corrected chi connectivity index (χ2v) is 5.92. The molecular formula is C15H17ClN4O2S. The maximum atomic E-state index is 12.1. The first-order valence-electron chi connectivity index (χ1n) is 7.03. The average Bonchev–Trinajstić information content (AvgIpc) is 3.17. The van der Waals surface area contributed by atoms with Crippen LogP contribution in [0.25, 0.3) is 0 Å². The minimum absolute atomic E-state index is 0. The van der Waals surface area contributed by atoms with Crippen molar-refractivity contribution in [3.05, 3.63) is 40.3 Å². The van der Waals surface area contributed by atoms with Gasteiger partial charge in [0.1, 0.15) is 10.7 Å². The number of amides is 2. The molecule has 122 valence electrons. The molecule has 0 unspecified atom stereocenters. The standard InChI is InChI=1S/C15H16N4O2S.ClH/c16-8-13-18-12(9-22-13)15(21)17-10-3-5-11(6-4-10)19-7-1-2-14(19)20;/h3-6,9H,1-2,7-8,16H2,(H,17,21);1H. The summed E-state index contributed by atoms with van der Waals surface area (Å²) < 4.78 is 0. The van der Waals surface area contributed by atoms with E-state index in [4.69, 9.17) is 5.73 Å². The van der Waals surface area contributed by atoms with Gasteiger partial charge in [-0.25, -0.2) is 4.98 Å². The van der Waals surface area contributed by atoms with Crippen molar-refractivity contribution in [1.82, 2.24) is 4.98 Å². The average molecular weight is 353 g/mol. The molecule has 1 fully saturated rings. The number of rotatable bonds is 4. The SMILES string of the molecule is Cl.NCc1nc(C(=O)Nc2ccc(N3CCCC3=O)cc2)cs1.